The fraction of sp³-hybridized carbons (Fsp3) is 0.519. The fourth-order valence-corrected chi connectivity index (χ4v) is 7.07. The lowest BCUT2D eigenvalue weighted by Crippen LogP contribution is -2.36. The molecule has 0 radical (unpaired) electrons. The lowest BCUT2D eigenvalue weighted by Gasteiger charge is -2.26. The van der Waals surface area contributed by atoms with E-state index in [1.165, 1.54) is 47.0 Å². The number of benzene rings is 1. The summed E-state index contributed by atoms with van der Waals surface area (Å²) >= 11 is 1.21. The van der Waals surface area contributed by atoms with Gasteiger partial charge < -0.3 is 19.7 Å². The van der Waals surface area contributed by atoms with Crippen LogP contribution in [0.15, 0.2) is 29.2 Å². The summed E-state index contributed by atoms with van der Waals surface area (Å²) in [6.45, 7) is 7.58. The Bertz CT molecular complexity index is 1270. The molecule has 1 aromatic heterocycles. The number of esters is 1. The van der Waals surface area contributed by atoms with Crippen LogP contribution in [0.2, 0.25) is 0 Å². The highest BCUT2D eigenvalue weighted by Gasteiger charge is 2.31. The molecular formula is C27H37N3O7S2. The average Bonchev–Trinajstić information content (AvgIpc) is 3.29. The maximum absolute atomic E-state index is 13.2. The van der Waals surface area contributed by atoms with Gasteiger partial charge in [0.15, 0.2) is 0 Å². The van der Waals surface area contributed by atoms with Crippen molar-refractivity contribution >= 4 is 44.3 Å². The van der Waals surface area contributed by atoms with E-state index in [0.717, 1.165) is 36.1 Å². The zero-order valence-electron chi connectivity index (χ0n) is 22.9. The van der Waals surface area contributed by atoms with Crippen molar-refractivity contribution < 1.29 is 32.3 Å². The van der Waals surface area contributed by atoms with Crippen molar-refractivity contribution in [1.82, 2.24) is 9.21 Å². The lowest BCUT2D eigenvalue weighted by atomic mass is 10.0. The Morgan fingerprint density at radius 2 is 1.69 bits per heavy atom. The van der Waals surface area contributed by atoms with E-state index in [1.54, 1.807) is 11.8 Å². The molecule has 39 heavy (non-hydrogen) atoms. The molecule has 2 heterocycles. The molecule has 2 aromatic rings. The van der Waals surface area contributed by atoms with Crippen molar-refractivity contribution in [3.05, 3.63) is 45.8 Å². The second-order valence-electron chi connectivity index (χ2n) is 9.16. The topological polar surface area (TPSA) is 122 Å². The number of thiophene rings is 1. The minimum absolute atomic E-state index is 0.132. The summed E-state index contributed by atoms with van der Waals surface area (Å²) in [5.41, 5.74) is 1.26. The van der Waals surface area contributed by atoms with Crippen molar-refractivity contribution in [3.8, 4) is 0 Å². The molecule has 12 heteroatoms. The standard InChI is InChI=1S/C27H37N3O7S2/c1-5-8-15-30(16-9-6-2)39(34,35)20-12-10-19(11-13-20)24(31)28-25-23(26(32)36-4)21-14-17-29(18-22(21)38-25)27(33)37-7-3/h10-13H,5-9,14-18H2,1-4H3,(H,28,31). The van der Waals surface area contributed by atoms with Gasteiger partial charge in [-0.05, 0) is 56.0 Å². The summed E-state index contributed by atoms with van der Waals surface area (Å²) in [6.07, 6.45) is 3.31. The largest absolute Gasteiger partial charge is 0.465 e. The molecule has 2 amide bonds. The second kappa shape index (κ2) is 13.9. The van der Waals surface area contributed by atoms with E-state index in [9.17, 15) is 22.8 Å². The SMILES string of the molecule is CCCCN(CCCC)S(=O)(=O)c1ccc(C(=O)Nc2sc3c(c2C(=O)OC)CCN(C(=O)OCC)C3)cc1. The molecular weight excluding hydrogens is 542 g/mol. The number of nitrogens with zero attached hydrogens (tertiary/aromatic N) is 2. The van der Waals surface area contributed by atoms with Gasteiger partial charge in [0, 0.05) is 30.1 Å². The monoisotopic (exact) mass is 579 g/mol. The molecule has 0 fully saturated rings. The summed E-state index contributed by atoms with van der Waals surface area (Å²) in [7, 11) is -2.41. The van der Waals surface area contributed by atoms with Gasteiger partial charge >= 0.3 is 12.1 Å². The third-order valence-corrected chi connectivity index (χ3v) is 9.52. The number of hydrogen-bond donors (Lipinski definition) is 1. The third kappa shape index (κ3) is 7.17. The first-order valence-electron chi connectivity index (χ1n) is 13.2. The Morgan fingerprint density at radius 3 is 2.26 bits per heavy atom. The Hall–Kier alpha value is -2.96. The minimum atomic E-state index is -3.69. The number of hydrogen-bond acceptors (Lipinski definition) is 8. The number of anilines is 1. The van der Waals surface area contributed by atoms with Gasteiger partial charge in [-0.3, -0.25) is 4.79 Å². The number of fused-ring (bicyclic) bond motifs is 1. The highest BCUT2D eigenvalue weighted by atomic mass is 32.2. The van der Waals surface area contributed by atoms with Crippen LogP contribution in [0.3, 0.4) is 0 Å². The number of amides is 2. The molecule has 0 spiro atoms. The van der Waals surface area contributed by atoms with Crippen LogP contribution in [-0.2, 0) is 32.5 Å². The van der Waals surface area contributed by atoms with E-state index in [-0.39, 0.29) is 29.2 Å². The van der Waals surface area contributed by atoms with E-state index in [1.807, 2.05) is 13.8 Å². The predicted octanol–water partition coefficient (Wildman–Crippen LogP) is 4.89. The number of carbonyl (C=O) groups is 3. The first-order chi connectivity index (χ1) is 18.7. The quantitative estimate of drug-likeness (QED) is 0.355. The number of sulfonamides is 1. The summed E-state index contributed by atoms with van der Waals surface area (Å²) in [5, 5.41) is 3.11. The molecule has 10 nitrogen and oxygen atoms in total. The van der Waals surface area contributed by atoms with E-state index in [4.69, 9.17) is 9.47 Å². The highest BCUT2D eigenvalue weighted by Crippen LogP contribution is 2.38. The van der Waals surface area contributed by atoms with Crippen LogP contribution < -0.4 is 5.32 Å². The van der Waals surface area contributed by atoms with Crippen molar-refractivity contribution in [2.45, 2.75) is 64.3 Å². The number of ether oxygens (including phenoxy) is 2. The summed E-state index contributed by atoms with van der Waals surface area (Å²) < 4.78 is 38.0. The number of unbranched alkanes of at least 4 members (excludes halogenated alkanes) is 2. The van der Waals surface area contributed by atoms with Crippen molar-refractivity contribution in [3.63, 3.8) is 0 Å². The van der Waals surface area contributed by atoms with Crippen molar-refractivity contribution in [1.29, 1.82) is 0 Å². The molecule has 1 aliphatic rings. The zero-order chi connectivity index (χ0) is 28.6. The van der Waals surface area contributed by atoms with Gasteiger partial charge in [-0.1, -0.05) is 26.7 Å². The summed E-state index contributed by atoms with van der Waals surface area (Å²) in [6, 6.07) is 5.81. The molecule has 3 rings (SSSR count). The van der Waals surface area contributed by atoms with Gasteiger partial charge in [0.1, 0.15) is 5.00 Å². The second-order valence-corrected chi connectivity index (χ2v) is 12.2. The van der Waals surface area contributed by atoms with Crippen molar-refractivity contribution in [2.75, 3.05) is 38.7 Å². The molecule has 0 saturated heterocycles. The maximum atomic E-state index is 13.2. The smallest absolute Gasteiger partial charge is 0.410 e. The molecule has 0 atom stereocenters. The Balaban J connectivity index is 1.82. The zero-order valence-corrected chi connectivity index (χ0v) is 24.6. The van der Waals surface area contributed by atoms with Crippen LogP contribution >= 0.6 is 11.3 Å². The molecule has 0 saturated carbocycles. The number of carbonyl (C=O) groups excluding carboxylic acids is 3. The Kier molecular flexibility index (Phi) is 10.9. The van der Waals surface area contributed by atoms with Crippen LogP contribution in [0.5, 0.6) is 0 Å². The Labute approximate surface area is 234 Å². The number of methoxy groups -OCH3 is 1. The van der Waals surface area contributed by atoms with Crippen LogP contribution in [0.1, 0.15) is 77.6 Å². The molecule has 0 unspecified atom stereocenters. The van der Waals surface area contributed by atoms with Gasteiger partial charge in [-0.25, -0.2) is 18.0 Å². The average molecular weight is 580 g/mol. The highest BCUT2D eigenvalue weighted by molar-refractivity contribution is 7.89. The van der Waals surface area contributed by atoms with Crippen molar-refractivity contribution in [2.24, 2.45) is 0 Å². The molecule has 214 valence electrons. The van der Waals surface area contributed by atoms with Crippen LogP contribution in [-0.4, -0.2) is 68.9 Å². The van der Waals surface area contributed by atoms with E-state index < -0.39 is 28.0 Å². The van der Waals surface area contributed by atoms with E-state index in [2.05, 4.69) is 5.32 Å². The minimum Gasteiger partial charge on any atom is -0.465 e. The van der Waals surface area contributed by atoms with Gasteiger partial charge in [0.2, 0.25) is 10.0 Å². The molecule has 0 bridgehead atoms. The third-order valence-electron chi connectivity index (χ3n) is 6.48. The normalized spacial score (nSPS) is 13.2. The van der Waals surface area contributed by atoms with Gasteiger partial charge in [0.05, 0.1) is 30.7 Å². The fourth-order valence-electron chi connectivity index (χ4n) is 4.30. The first-order valence-corrected chi connectivity index (χ1v) is 15.5. The molecule has 1 N–H and O–H groups in total. The van der Waals surface area contributed by atoms with Gasteiger partial charge in [0.25, 0.3) is 5.91 Å². The van der Waals surface area contributed by atoms with E-state index >= 15 is 0 Å². The number of rotatable bonds is 12. The summed E-state index contributed by atoms with van der Waals surface area (Å²) in [5.74, 6) is -1.06. The summed E-state index contributed by atoms with van der Waals surface area (Å²) in [4.78, 5) is 40.4. The Morgan fingerprint density at radius 1 is 1.05 bits per heavy atom. The molecule has 1 aliphatic heterocycles. The van der Waals surface area contributed by atoms with Crippen LogP contribution in [0.4, 0.5) is 9.80 Å². The molecule has 0 aliphatic carbocycles. The van der Waals surface area contributed by atoms with Crippen LogP contribution in [0.25, 0.3) is 0 Å². The first kappa shape index (κ1) is 30.6. The van der Waals surface area contributed by atoms with Gasteiger partial charge in [-0.2, -0.15) is 4.31 Å². The maximum Gasteiger partial charge on any atom is 0.410 e. The van der Waals surface area contributed by atoms with E-state index in [0.29, 0.717) is 31.1 Å². The van der Waals surface area contributed by atoms with Crippen LogP contribution in [0, 0.1) is 0 Å². The van der Waals surface area contributed by atoms with Gasteiger partial charge in [-0.15, -0.1) is 11.3 Å². The lowest BCUT2D eigenvalue weighted by molar-refractivity contribution is 0.0600. The molecule has 1 aromatic carbocycles. The number of nitrogens with one attached hydrogen (secondary N) is 1. The predicted molar refractivity (Wildman–Crippen MR) is 150 cm³/mol.